The Morgan fingerprint density at radius 1 is 1.35 bits per heavy atom. The third-order valence-electron chi connectivity index (χ3n) is 2.12. The Labute approximate surface area is 102 Å². The smallest absolute Gasteiger partial charge is 0.365 e. The van der Waals surface area contributed by atoms with E-state index in [0.29, 0.717) is 13.1 Å². The number of nitrogens with zero attached hydrogens (tertiary/aromatic N) is 2. The van der Waals surface area contributed by atoms with Crippen molar-refractivity contribution in [2.45, 2.75) is 13.1 Å². The highest BCUT2D eigenvalue weighted by Crippen LogP contribution is 2.09. The first-order chi connectivity index (χ1) is 8.25. The molecule has 0 aliphatic rings. The number of aromatic nitrogens is 2. The number of nitrogens with one attached hydrogen (secondary N) is 1. The monoisotopic (exact) mass is 249 g/mol. The highest BCUT2D eigenvalue weighted by atomic mass is 32.1. The number of rotatable bonds is 5. The SMILES string of the molecule is O=C(O)c1nc(CNCc2ccncc2)cs1. The Kier molecular flexibility index (Phi) is 3.79. The third-order valence-corrected chi connectivity index (χ3v) is 3.00. The maximum atomic E-state index is 10.6. The van der Waals surface area contributed by atoms with Gasteiger partial charge in [0.05, 0.1) is 5.69 Å². The number of thiazole rings is 1. The molecule has 0 aromatic carbocycles. The molecule has 0 unspecified atom stereocenters. The Balaban J connectivity index is 1.84. The zero-order valence-electron chi connectivity index (χ0n) is 8.96. The fourth-order valence-corrected chi connectivity index (χ4v) is 1.98. The van der Waals surface area contributed by atoms with Gasteiger partial charge in [0.1, 0.15) is 0 Å². The first-order valence-corrected chi connectivity index (χ1v) is 5.91. The van der Waals surface area contributed by atoms with Gasteiger partial charge in [0.15, 0.2) is 0 Å². The topological polar surface area (TPSA) is 75.1 Å². The zero-order valence-corrected chi connectivity index (χ0v) is 9.78. The first kappa shape index (κ1) is 11.7. The highest BCUT2D eigenvalue weighted by Gasteiger charge is 2.08. The van der Waals surface area contributed by atoms with Gasteiger partial charge in [0.2, 0.25) is 5.01 Å². The van der Waals surface area contributed by atoms with E-state index in [0.717, 1.165) is 22.6 Å². The van der Waals surface area contributed by atoms with Crippen LogP contribution in [-0.2, 0) is 13.1 Å². The van der Waals surface area contributed by atoms with E-state index in [2.05, 4.69) is 15.3 Å². The van der Waals surface area contributed by atoms with Crippen LogP contribution < -0.4 is 5.32 Å². The summed E-state index contributed by atoms with van der Waals surface area (Å²) in [6, 6.07) is 3.85. The first-order valence-electron chi connectivity index (χ1n) is 5.03. The van der Waals surface area contributed by atoms with Crippen molar-refractivity contribution in [2.24, 2.45) is 0 Å². The van der Waals surface area contributed by atoms with Crippen molar-refractivity contribution >= 4 is 17.3 Å². The Morgan fingerprint density at radius 2 is 2.12 bits per heavy atom. The lowest BCUT2D eigenvalue weighted by Crippen LogP contribution is -2.13. The predicted molar refractivity (Wildman–Crippen MR) is 63.9 cm³/mol. The molecule has 2 heterocycles. The predicted octanol–water partition coefficient (Wildman–Crippen LogP) is 1.53. The quantitative estimate of drug-likeness (QED) is 0.840. The van der Waals surface area contributed by atoms with Crippen molar-refractivity contribution in [3.8, 4) is 0 Å². The van der Waals surface area contributed by atoms with Gasteiger partial charge in [-0.2, -0.15) is 0 Å². The molecule has 0 spiro atoms. The van der Waals surface area contributed by atoms with E-state index in [9.17, 15) is 4.79 Å². The summed E-state index contributed by atoms with van der Waals surface area (Å²) in [5, 5.41) is 13.8. The van der Waals surface area contributed by atoms with E-state index in [-0.39, 0.29) is 5.01 Å². The van der Waals surface area contributed by atoms with Gasteiger partial charge < -0.3 is 10.4 Å². The number of hydrogen-bond donors (Lipinski definition) is 2. The van der Waals surface area contributed by atoms with E-state index in [1.54, 1.807) is 17.8 Å². The van der Waals surface area contributed by atoms with E-state index in [1.165, 1.54) is 0 Å². The summed E-state index contributed by atoms with van der Waals surface area (Å²) in [6.07, 6.45) is 3.48. The summed E-state index contributed by atoms with van der Waals surface area (Å²) in [5.74, 6) is -0.976. The maximum Gasteiger partial charge on any atom is 0.365 e. The lowest BCUT2D eigenvalue weighted by Gasteiger charge is -2.01. The van der Waals surface area contributed by atoms with Gasteiger partial charge in [-0.25, -0.2) is 9.78 Å². The number of carboxylic acids is 1. The minimum atomic E-state index is -0.976. The average molecular weight is 249 g/mol. The summed E-state index contributed by atoms with van der Waals surface area (Å²) in [5.41, 5.74) is 1.88. The number of hydrogen-bond acceptors (Lipinski definition) is 5. The molecule has 0 radical (unpaired) electrons. The van der Waals surface area contributed by atoms with Crippen molar-refractivity contribution in [1.82, 2.24) is 15.3 Å². The lowest BCUT2D eigenvalue weighted by atomic mass is 10.3. The second kappa shape index (κ2) is 5.51. The van der Waals surface area contributed by atoms with Crippen LogP contribution >= 0.6 is 11.3 Å². The maximum absolute atomic E-state index is 10.6. The fourth-order valence-electron chi connectivity index (χ4n) is 1.32. The van der Waals surface area contributed by atoms with Crippen LogP contribution in [-0.4, -0.2) is 21.0 Å². The number of aromatic carboxylic acids is 1. The summed E-state index contributed by atoms with van der Waals surface area (Å²) in [7, 11) is 0. The van der Waals surface area contributed by atoms with Crippen LogP contribution in [0.25, 0.3) is 0 Å². The standard InChI is InChI=1S/C11H11N3O2S/c15-11(16)10-14-9(7-17-10)6-13-5-8-1-3-12-4-2-8/h1-4,7,13H,5-6H2,(H,15,16). The molecule has 0 saturated carbocycles. The van der Waals surface area contributed by atoms with Crippen molar-refractivity contribution in [1.29, 1.82) is 0 Å². The van der Waals surface area contributed by atoms with Crippen molar-refractivity contribution in [3.05, 3.63) is 46.2 Å². The summed E-state index contributed by atoms with van der Waals surface area (Å²) in [6.45, 7) is 1.27. The summed E-state index contributed by atoms with van der Waals surface area (Å²) in [4.78, 5) is 18.5. The molecule has 2 N–H and O–H groups in total. The van der Waals surface area contributed by atoms with Crippen molar-refractivity contribution < 1.29 is 9.90 Å². The normalized spacial score (nSPS) is 10.4. The fraction of sp³-hybridized carbons (Fsp3) is 0.182. The lowest BCUT2D eigenvalue weighted by molar-refractivity contribution is 0.0696. The van der Waals surface area contributed by atoms with Crippen LogP contribution in [0.2, 0.25) is 0 Å². The molecule has 0 saturated heterocycles. The molecule has 0 bridgehead atoms. The van der Waals surface area contributed by atoms with Crippen molar-refractivity contribution in [2.75, 3.05) is 0 Å². The molecule has 0 fully saturated rings. The van der Waals surface area contributed by atoms with Crippen LogP contribution in [0, 0.1) is 0 Å². The van der Waals surface area contributed by atoms with Crippen molar-refractivity contribution in [3.63, 3.8) is 0 Å². The summed E-state index contributed by atoms with van der Waals surface area (Å²) < 4.78 is 0. The molecule has 6 heteroatoms. The number of carbonyl (C=O) groups is 1. The summed E-state index contributed by atoms with van der Waals surface area (Å²) >= 11 is 1.14. The minimum Gasteiger partial charge on any atom is -0.476 e. The Bertz CT molecular complexity index is 498. The van der Waals surface area contributed by atoms with Gasteiger partial charge in [0.25, 0.3) is 0 Å². The minimum absolute atomic E-state index is 0.130. The Hall–Kier alpha value is -1.79. The molecule has 88 valence electrons. The Morgan fingerprint density at radius 3 is 2.76 bits per heavy atom. The highest BCUT2D eigenvalue weighted by molar-refractivity contribution is 7.11. The van der Waals surface area contributed by atoms with Crippen LogP contribution in [0.5, 0.6) is 0 Å². The van der Waals surface area contributed by atoms with Crippen LogP contribution in [0.1, 0.15) is 21.1 Å². The van der Waals surface area contributed by atoms with Crippen LogP contribution in [0.3, 0.4) is 0 Å². The van der Waals surface area contributed by atoms with Gasteiger partial charge in [-0.05, 0) is 17.7 Å². The third kappa shape index (κ3) is 3.33. The van der Waals surface area contributed by atoms with E-state index in [1.807, 2.05) is 12.1 Å². The van der Waals surface area contributed by atoms with Gasteiger partial charge in [0, 0.05) is 30.9 Å². The van der Waals surface area contributed by atoms with Gasteiger partial charge in [-0.1, -0.05) is 0 Å². The van der Waals surface area contributed by atoms with E-state index >= 15 is 0 Å². The van der Waals surface area contributed by atoms with Gasteiger partial charge in [-0.15, -0.1) is 11.3 Å². The van der Waals surface area contributed by atoms with Gasteiger partial charge >= 0.3 is 5.97 Å². The molecule has 0 aliphatic carbocycles. The molecular weight excluding hydrogens is 238 g/mol. The molecule has 2 aromatic rings. The molecule has 0 atom stereocenters. The second-order valence-corrected chi connectivity index (χ2v) is 4.27. The van der Waals surface area contributed by atoms with E-state index in [4.69, 9.17) is 5.11 Å². The number of carboxylic acid groups (broad SMARTS) is 1. The van der Waals surface area contributed by atoms with Gasteiger partial charge in [-0.3, -0.25) is 4.98 Å². The molecule has 0 amide bonds. The molecular formula is C11H11N3O2S. The van der Waals surface area contributed by atoms with Crippen LogP contribution in [0.4, 0.5) is 0 Å². The second-order valence-electron chi connectivity index (χ2n) is 3.41. The molecule has 5 nitrogen and oxygen atoms in total. The average Bonchev–Trinajstić information content (AvgIpc) is 2.79. The molecule has 2 rings (SSSR count). The largest absolute Gasteiger partial charge is 0.476 e. The van der Waals surface area contributed by atoms with E-state index < -0.39 is 5.97 Å². The van der Waals surface area contributed by atoms with Crippen LogP contribution in [0.15, 0.2) is 29.9 Å². The number of pyridine rings is 1. The molecule has 2 aromatic heterocycles. The molecule has 17 heavy (non-hydrogen) atoms. The molecule has 0 aliphatic heterocycles. The zero-order chi connectivity index (χ0) is 12.1.